The summed E-state index contributed by atoms with van der Waals surface area (Å²) in [6.45, 7) is 1.72. The number of aryl methyl sites for hydroxylation is 1. The molecule has 10 heteroatoms. The van der Waals surface area contributed by atoms with Crippen molar-refractivity contribution in [1.29, 1.82) is 0 Å². The van der Waals surface area contributed by atoms with E-state index in [2.05, 4.69) is 0 Å². The molecular weight excluding hydrogens is 442 g/mol. The van der Waals surface area contributed by atoms with Gasteiger partial charge in [0.1, 0.15) is 4.90 Å². The number of carbonyl (C=O) groups excluding carboxylic acids is 1. The predicted molar refractivity (Wildman–Crippen MR) is 117 cm³/mol. The molecule has 8 nitrogen and oxygen atoms in total. The summed E-state index contributed by atoms with van der Waals surface area (Å²) in [7, 11) is -4.17. The number of sulfonamides is 1. The minimum absolute atomic E-state index is 0.0177. The van der Waals surface area contributed by atoms with Crippen LogP contribution in [0, 0.1) is 17.0 Å². The van der Waals surface area contributed by atoms with Crippen molar-refractivity contribution in [1.82, 2.24) is 0 Å². The van der Waals surface area contributed by atoms with Gasteiger partial charge in [-0.15, -0.1) is 0 Å². The lowest BCUT2D eigenvalue weighted by Gasteiger charge is -2.36. The van der Waals surface area contributed by atoms with Crippen LogP contribution in [-0.2, 0) is 16.6 Å². The largest absolute Gasteiger partial charge is 0.343 e. The summed E-state index contributed by atoms with van der Waals surface area (Å²) in [5, 5.41) is 11.2. The van der Waals surface area contributed by atoms with E-state index in [1.807, 2.05) is 0 Å². The molecule has 31 heavy (non-hydrogen) atoms. The van der Waals surface area contributed by atoms with E-state index in [0.717, 1.165) is 4.31 Å². The molecule has 158 valence electrons. The number of rotatable bonds is 4. The van der Waals surface area contributed by atoms with Crippen LogP contribution in [0.5, 0.6) is 0 Å². The second-order valence-corrected chi connectivity index (χ2v) is 9.15. The lowest BCUT2D eigenvalue weighted by molar-refractivity contribution is -0.384. The zero-order valence-electron chi connectivity index (χ0n) is 16.2. The van der Waals surface area contributed by atoms with Gasteiger partial charge >= 0.3 is 6.03 Å². The van der Waals surface area contributed by atoms with Crippen molar-refractivity contribution >= 4 is 44.7 Å². The van der Waals surface area contributed by atoms with Crippen LogP contribution >= 0.6 is 11.6 Å². The Morgan fingerprint density at radius 2 is 1.68 bits per heavy atom. The van der Waals surface area contributed by atoms with Gasteiger partial charge in [-0.25, -0.2) is 13.2 Å². The zero-order chi connectivity index (χ0) is 22.3. The molecule has 0 atom stereocenters. The van der Waals surface area contributed by atoms with Gasteiger partial charge in [-0.3, -0.25) is 15.0 Å². The standard InChI is InChI=1S/C21H16ClN3O5S/c1-14-6-9-16(22)12-19(14)24-21(26)23(13-15-7-10-17(11-8-15)25(27)28)18-4-2-3-5-20(18)31(24,29)30/h2-12H,13H2,1H3. The van der Waals surface area contributed by atoms with Gasteiger partial charge in [-0.05, 0) is 42.3 Å². The molecule has 0 saturated heterocycles. The Morgan fingerprint density at radius 1 is 1.00 bits per heavy atom. The Hall–Kier alpha value is -3.43. The van der Waals surface area contributed by atoms with Crippen LogP contribution in [0.25, 0.3) is 0 Å². The summed E-state index contributed by atoms with van der Waals surface area (Å²) < 4.78 is 27.5. The fraction of sp³-hybridized carbons (Fsp3) is 0.0952. The summed E-state index contributed by atoms with van der Waals surface area (Å²) in [5.41, 5.74) is 1.50. The van der Waals surface area contributed by atoms with Gasteiger partial charge < -0.3 is 0 Å². The molecule has 2 amide bonds. The summed E-state index contributed by atoms with van der Waals surface area (Å²) in [5.74, 6) is 0. The summed E-state index contributed by atoms with van der Waals surface area (Å²) in [6.07, 6.45) is 0. The second kappa shape index (κ2) is 7.68. The quantitative estimate of drug-likeness (QED) is 0.410. The molecule has 1 heterocycles. The number of nitro benzene ring substituents is 1. The first-order valence-electron chi connectivity index (χ1n) is 9.15. The highest BCUT2D eigenvalue weighted by Gasteiger charge is 2.43. The molecule has 0 saturated carbocycles. The number of anilines is 2. The molecule has 1 aliphatic rings. The molecule has 3 aromatic rings. The molecule has 0 bridgehead atoms. The maximum Gasteiger partial charge on any atom is 0.343 e. The summed E-state index contributed by atoms with van der Waals surface area (Å²) in [6, 6.07) is 15.9. The molecule has 0 fully saturated rings. The minimum Gasteiger partial charge on any atom is -0.287 e. The molecule has 1 aliphatic heterocycles. The number of nitro groups is 1. The van der Waals surface area contributed by atoms with E-state index < -0.39 is 21.0 Å². The molecule has 0 unspecified atom stereocenters. The Labute approximate surface area is 183 Å². The van der Waals surface area contributed by atoms with Gasteiger partial charge in [0.2, 0.25) is 0 Å². The summed E-state index contributed by atoms with van der Waals surface area (Å²) >= 11 is 6.08. The van der Waals surface area contributed by atoms with Gasteiger partial charge in [0, 0.05) is 17.2 Å². The normalized spacial score (nSPS) is 15.0. The Bertz CT molecular complexity index is 1310. The molecule has 0 aromatic heterocycles. The number of nitrogens with zero attached hydrogens (tertiary/aromatic N) is 3. The second-order valence-electron chi connectivity index (χ2n) is 6.96. The SMILES string of the molecule is Cc1ccc(Cl)cc1N1C(=O)N(Cc2ccc([N+](=O)[O-])cc2)c2ccccc2S1(=O)=O. The maximum atomic E-state index is 13.5. The Morgan fingerprint density at radius 3 is 2.35 bits per heavy atom. The van der Waals surface area contributed by atoms with E-state index in [4.69, 9.17) is 11.6 Å². The van der Waals surface area contributed by atoms with Gasteiger partial charge in [0.15, 0.2) is 0 Å². The van der Waals surface area contributed by atoms with Crippen molar-refractivity contribution in [3.8, 4) is 0 Å². The van der Waals surface area contributed by atoms with Crippen LogP contribution in [0.15, 0.2) is 71.6 Å². The predicted octanol–water partition coefficient (Wildman–Crippen LogP) is 4.89. The van der Waals surface area contributed by atoms with Crippen LogP contribution in [0.1, 0.15) is 11.1 Å². The van der Waals surface area contributed by atoms with Crippen LogP contribution in [-0.4, -0.2) is 19.4 Å². The molecule has 4 rings (SSSR count). The van der Waals surface area contributed by atoms with Crippen LogP contribution in [0.4, 0.5) is 21.9 Å². The molecule has 0 aliphatic carbocycles. The van der Waals surface area contributed by atoms with E-state index >= 15 is 0 Å². The molecule has 0 N–H and O–H groups in total. The number of carbonyl (C=O) groups is 1. The monoisotopic (exact) mass is 457 g/mol. The molecule has 3 aromatic carbocycles. The highest BCUT2D eigenvalue weighted by molar-refractivity contribution is 7.94. The number of halogens is 1. The van der Waals surface area contributed by atoms with Crippen molar-refractivity contribution in [3.05, 3.63) is 93.0 Å². The van der Waals surface area contributed by atoms with E-state index in [1.54, 1.807) is 37.3 Å². The van der Waals surface area contributed by atoms with Crippen molar-refractivity contribution in [2.24, 2.45) is 0 Å². The number of para-hydroxylation sites is 1. The van der Waals surface area contributed by atoms with Gasteiger partial charge in [0.25, 0.3) is 15.7 Å². The van der Waals surface area contributed by atoms with Crippen molar-refractivity contribution in [2.75, 3.05) is 9.21 Å². The number of hydrogen-bond donors (Lipinski definition) is 0. The Balaban J connectivity index is 1.84. The van der Waals surface area contributed by atoms with Crippen molar-refractivity contribution in [3.63, 3.8) is 0 Å². The third kappa shape index (κ3) is 3.62. The fourth-order valence-corrected chi connectivity index (χ4v) is 5.22. The third-order valence-electron chi connectivity index (χ3n) is 4.96. The average molecular weight is 458 g/mol. The maximum absolute atomic E-state index is 13.5. The first kappa shape index (κ1) is 20.8. The van der Waals surface area contributed by atoms with Gasteiger partial charge in [0.05, 0.1) is 22.8 Å². The third-order valence-corrected chi connectivity index (χ3v) is 6.93. The van der Waals surface area contributed by atoms with E-state index in [1.165, 1.54) is 41.3 Å². The van der Waals surface area contributed by atoms with E-state index in [9.17, 15) is 23.3 Å². The molecular formula is C21H16ClN3O5S. The first-order valence-corrected chi connectivity index (χ1v) is 11.0. The topological polar surface area (TPSA) is 101 Å². The van der Waals surface area contributed by atoms with Crippen LogP contribution < -0.4 is 9.21 Å². The number of non-ortho nitro benzene ring substituents is 1. The smallest absolute Gasteiger partial charge is 0.287 e. The average Bonchev–Trinajstić information content (AvgIpc) is 2.74. The minimum atomic E-state index is -4.17. The van der Waals surface area contributed by atoms with E-state index in [-0.39, 0.29) is 28.5 Å². The lowest BCUT2D eigenvalue weighted by atomic mass is 10.1. The van der Waals surface area contributed by atoms with Crippen LogP contribution in [0.2, 0.25) is 5.02 Å². The number of urea groups is 1. The van der Waals surface area contributed by atoms with E-state index in [0.29, 0.717) is 16.1 Å². The first-order chi connectivity index (χ1) is 14.7. The van der Waals surface area contributed by atoms with Gasteiger partial charge in [-0.2, -0.15) is 4.31 Å². The number of fused-ring (bicyclic) bond motifs is 1. The molecule has 0 spiro atoms. The highest BCUT2D eigenvalue weighted by atomic mass is 35.5. The number of benzene rings is 3. The van der Waals surface area contributed by atoms with Crippen LogP contribution in [0.3, 0.4) is 0 Å². The fourth-order valence-electron chi connectivity index (χ4n) is 3.40. The number of hydrogen-bond acceptors (Lipinski definition) is 5. The number of amides is 2. The molecule has 0 radical (unpaired) electrons. The zero-order valence-corrected chi connectivity index (χ0v) is 17.8. The van der Waals surface area contributed by atoms with Crippen molar-refractivity contribution in [2.45, 2.75) is 18.4 Å². The van der Waals surface area contributed by atoms with Gasteiger partial charge in [-0.1, -0.05) is 41.9 Å². The highest BCUT2D eigenvalue weighted by Crippen LogP contribution is 2.39. The Kier molecular flexibility index (Phi) is 5.16. The van der Waals surface area contributed by atoms with Crippen molar-refractivity contribution < 1.29 is 18.1 Å². The summed E-state index contributed by atoms with van der Waals surface area (Å²) in [4.78, 5) is 25.2. The lowest BCUT2D eigenvalue weighted by Crippen LogP contribution is -2.51.